The molecule has 0 saturated carbocycles. The van der Waals surface area contributed by atoms with E-state index in [1.165, 1.54) is 35.1 Å². The van der Waals surface area contributed by atoms with E-state index in [1.807, 2.05) is 0 Å². The first-order chi connectivity index (χ1) is 13.1. The Kier molecular flexibility index (Phi) is 5.29. The number of allylic oxidation sites excluding steroid dienone is 4. The predicted molar refractivity (Wildman–Crippen MR) is 118 cm³/mol. The van der Waals surface area contributed by atoms with Crippen molar-refractivity contribution in [3.05, 3.63) is 89.0 Å². The molecule has 1 fully saturated rings. The Balaban J connectivity index is 1.94. The van der Waals surface area contributed by atoms with Crippen LogP contribution >= 0.6 is 12.6 Å². The largest absolute Gasteiger partial charge is 0.313 e. The van der Waals surface area contributed by atoms with Crippen LogP contribution < -0.4 is 5.32 Å². The van der Waals surface area contributed by atoms with Crippen molar-refractivity contribution in [3.8, 4) is 0 Å². The summed E-state index contributed by atoms with van der Waals surface area (Å²) in [6, 6.07) is 18.5. The van der Waals surface area contributed by atoms with Crippen molar-refractivity contribution in [3.63, 3.8) is 0 Å². The number of nitrogens with one attached hydrogen (secondary N) is 1. The molecule has 1 N–H and O–H groups in total. The van der Waals surface area contributed by atoms with Gasteiger partial charge >= 0.3 is 0 Å². The van der Waals surface area contributed by atoms with Crippen LogP contribution in [0.2, 0.25) is 0 Å². The smallest absolute Gasteiger partial charge is 0.0421 e. The highest BCUT2D eigenvalue weighted by Crippen LogP contribution is 2.48. The molecule has 0 aromatic heterocycles. The Morgan fingerprint density at radius 3 is 2.19 bits per heavy atom. The molecule has 1 heterocycles. The number of hydrogen-bond acceptors (Lipinski definition) is 2. The van der Waals surface area contributed by atoms with Crippen LogP contribution in [0, 0.1) is 12.8 Å². The molecule has 4 rings (SSSR count). The third-order valence-corrected chi connectivity index (χ3v) is 6.65. The molecule has 3 unspecified atom stereocenters. The molecular weight excluding hydrogens is 346 g/mol. The third kappa shape index (κ3) is 3.41. The van der Waals surface area contributed by atoms with Gasteiger partial charge in [0.25, 0.3) is 0 Å². The number of hydrogen-bond donors (Lipinski definition) is 2. The molecule has 0 radical (unpaired) electrons. The second-order valence-electron chi connectivity index (χ2n) is 8.08. The van der Waals surface area contributed by atoms with E-state index in [9.17, 15) is 0 Å². The first kappa shape index (κ1) is 18.6. The van der Waals surface area contributed by atoms with E-state index < -0.39 is 0 Å². The topological polar surface area (TPSA) is 12.0 Å². The zero-order valence-electron chi connectivity index (χ0n) is 16.3. The molecule has 2 heteroatoms. The average Bonchev–Trinajstić information content (AvgIpc) is 3.21. The molecule has 2 aromatic carbocycles. The standard InChI is InChI=1S/C25H29NS/c1-18-5-9-20(10-6-18)25(24-4-3-17-26-24,21-11-7-19(2)8-12-21)22-13-15-23(27)16-14-22/h5-11,13-16,21,24,26-27H,3-4,12,17H2,1-2H3. The molecular formula is C25H29NS. The lowest BCUT2D eigenvalue weighted by Gasteiger charge is -2.46. The molecule has 1 aliphatic carbocycles. The van der Waals surface area contributed by atoms with E-state index in [2.05, 4.69) is 98.6 Å². The van der Waals surface area contributed by atoms with Gasteiger partial charge in [-0.05, 0) is 68.8 Å². The summed E-state index contributed by atoms with van der Waals surface area (Å²) >= 11 is 4.54. The van der Waals surface area contributed by atoms with Crippen LogP contribution in [0.25, 0.3) is 0 Å². The minimum Gasteiger partial charge on any atom is -0.313 e. The van der Waals surface area contributed by atoms with Crippen molar-refractivity contribution in [2.24, 2.45) is 5.92 Å². The van der Waals surface area contributed by atoms with E-state index in [-0.39, 0.29) is 5.41 Å². The maximum atomic E-state index is 4.54. The summed E-state index contributed by atoms with van der Waals surface area (Å²) in [7, 11) is 0. The highest BCUT2D eigenvalue weighted by Gasteiger charge is 2.48. The lowest BCUT2D eigenvalue weighted by molar-refractivity contribution is 0.290. The molecule has 1 nitrogen and oxygen atoms in total. The summed E-state index contributed by atoms with van der Waals surface area (Å²) in [5.74, 6) is 0.435. The summed E-state index contributed by atoms with van der Waals surface area (Å²) in [5.41, 5.74) is 5.43. The fourth-order valence-corrected chi connectivity index (χ4v) is 5.11. The highest BCUT2D eigenvalue weighted by molar-refractivity contribution is 7.80. The van der Waals surface area contributed by atoms with Crippen molar-refractivity contribution in [1.29, 1.82) is 0 Å². The van der Waals surface area contributed by atoms with Gasteiger partial charge in [-0.3, -0.25) is 0 Å². The molecule has 0 spiro atoms. The van der Waals surface area contributed by atoms with E-state index in [4.69, 9.17) is 0 Å². The van der Waals surface area contributed by atoms with Gasteiger partial charge in [0, 0.05) is 16.4 Å². The van der Waals surface area contributed by atoms with Crippen LogP contribution in [0.4, 0.5) is 0 Å². The number of thiol groups is 1. The van der Waals surface area contributed by atoms with Crippen LogP contribution in [-0.4, -0.2) is 12.6 Å². The Bertz CT molecular complexity index is 793. The van der Waals surface area contributed by atoms with Gasteiger partial charge in [-0.2, -0.15) is 0 Å². The van der Waals surface area contributed by atoms with Crippen molar-refractivity contribution in [2.75, 3.05) is 6.54 Å². The minimum atomic E-state index is -0.0701. The molecule has 2 aromatic rings. The zero-order chi connectivity index (χ0) is 18.9. The fraction of sp³-hybridized carbons (Fsp3) is 0.360. The Morgan fingerprint density at radius 2 is 1.63 bits per heavy atom. The molecule has 0 amide bonds. The van der Waals surface area contributed by atoms with Crippen molar-refractivity contribution >= 4 is 12.6 Å². The maximum Gasteiger partial charge on any atom is 0.0421 e. The van der Waals surface area contributed by atoms with E-state index in [1.54, 1.807) is 0 Å². The molecule has 140 valence electrons. The van der Waals surface area contributed by atoms with Gasteiger partial charge in [0.2, 0.25) is 0 Å². The van der Waals surface area contributed by atoms with Crippen LogP contribution in [0.15, 0.2) is 77.2 Å². The van der Waals surface area contributed by atoms with Gasteiger partial charge in [0.1, 0.15) is 0 Å². The van der Waals surface area contributed by atoms with E-state index in [0.717, 1.165) is 17.9 Å². The van der Waals surface area contributed by atoms with E-state index >= 15 is 0 Å². The first-order valence-electron chi connectivity index (χ1n) is 10.1. The lowest BCUT2D eigenvalue weighted by Crippen LogP contribution is -2.51. The summed E-state index contributed by atoms with van der Waals surface area (Å²) in [6.45, 7) is 5.47. The molecule has 3 atom stereocenters. The number of benzene rings is 2. The first-order valence-corrected chi connectivity index (χ1v) is 10.5. The normalized spacial score (nSPS) is 24.5. The Labute approximate surface area is 169 Å². The van der Waals surface area contributed by atoms with Gasteiger partial charge < -0.3 is 5.32 Å². The van der Waals surface area contributed by atoms with Crippen LogP contribution in [0.1, 0.15) is 42.9 Å². The van der Waals surface area contributed by atoms with Crippen molar-refractivity contribution in [1.82, 2.24) is 5.32 Å². The second-order valence-corrected chi connectivity index (χ2v) is 8.60. The van der Waals surface area contributed by atoms with E-state index in [0.29, 0.717) is 12.0 Å². The molecule has 27 heavy (non-hydrogen) atoms. The molecule has 0 bridgehead atoms. The van der Waals surface area contributed by atoms with Gasteiger partial charge in [-0.15, -0.1) is 12.6 Å². The number of aryl methyl sites for hydroxylation is 1. The SMILES string of the molecule is CC1=CCC(C(c2ccc(C)cc2)(c2ccc(S)cc2)C2CCCN2)C=C1. The minimum absolute atomic E-state index is 0.0701. The number of rotatable bonds is 4. The summed E-state index contributed by atoms with van der Waals surface area (Å²) in [5, 5.41) is 3.86. The average molecular weight is 376 g/mol. The third-order valence-electron chi connectivity index (χ3n) is 6.35. The van der Waals surface area contributed by atoms with Gasteiger partial charge in [-0.25, -0.2) is 0 Å². The quantitative estimate of drug-likeness (QED) is 0.639. The summed E-state index contributed by atoms with van der Waals surface area (Å²) in [6.07, 6.45) is 10.7. The van der Waals surface area contributed by atoms with Crippen LogP contribution in [0.5, 0.6) is 0 Å². The Morgan fingerprint density at radius 1 is 0.963 bits per heavy atom. The van der Waals surface area contributed by atoms with Crippen molar-refractivity contribution in [2.45, 2.75) is 49.5 Å². The highest BCUT2D eigenvalue weighted by atomic mass is 32.1. The Hall–Kier alpha value is -1.77. The summed E-state index contributed by atoms with van der Waals surface area (Å²) < 4.78 is 0. The molecule has 1 saturated heterocycles. The van der Waals surface area contributed by atoms with Gasteiger partial charge in [0.15, 0.2) is 0 Å². The molecule has 2 aliphatic rings. The maximum absolute atomic E-state index is 4.54. The van der Waals surface area contributed by atoms with Gasteiger partial charge in [0.05, 0.1) is 0 Å². The van der Waals surface area contributed by atoms with Crippen LogP contribution in [0.3, 0.4) is 0 Å². The van der Waals surface area contributed by atoms with Gasteiger partial charge in [-0.1, -0.05) is 65.8 Å². The van der Waals surface area contributed by atoms with Crippen molar-refractivity contribution < 1.29 is 0 Å². The predicted octanol–water partition coefficient (Wildman–Crippen LogP) is 5.84. The molecule has 1 aliphatic heterocycles. The monoisotopic (exact) mass is 375 g/mol. The second kappa shape index (κ2) is 7.69. The summed E-state index contributed by atoms with van der Waals surface area (Å²) in [4.78, 5) is 1.02. The van der Waals surface area contributed by atoms with Crippen LogP contribution in [-0.2, 0) is 5.41 Å². The zero-order valence-corrected chi connectivity index (χ0v) is 17.2. The fourth-order valence-electron chi connectivity index (χ4n) is 4.96. The lowest BCUT2D eigenvalue weighted by atomic mass is 9.59.